The number of benzene rings is 1. The van der Waals surface area contributed by atoms with Gasteiger partial charge in [-0.15, -0.1) is 0 Å². The van der Waals surface area contributed by atoms with Crippen LogP contribution in [0.25, 0.3) is 10.9 Å². The predicted octanol–water partition coefficient (Wildman–Crippen LogP) is 2.67. The Morgan fingerprint density at radius 2 is 2.29 bits per heavy atom. The molecule has 0 radical (unpaired) electrons. The van der Waals surface area contributed by atoms with Crippen molar-refractivity contribution < 1.29 is 14.4 Å². The summed E-state index contributed by atoms with van der Waals surface area (Å²) >= 11 is 0. The van der Waals surface area contributed by atoms with E-state index >= 15 is 0 Å². The average Bonchev–Trinajstić information content (AvgIpc) is 2.95. The average molecular weight is 288 g/mol. The summed E-state index contributed by atoms with van der Waals surface area (Å²) in [4.78, 5) is 20.3. The predicted molar refractivity (Wildman–Crippen MR) is 79.4 cm³/mol. The second kappa shape index (κ2) is 6.74. The summed E-state index contributed by atoms with van der Waals surface area (Å²) < 4.78 is 5.39. The van der Waals surface area contributed by atoms with Crippen LogP contribution in [0.4, 0.5) is 0 Å². The first-order chi connectivity index (χ1) is 10.3. The van der Waals surface area contributed by atoms with Crippen LogP contribution in [0.2, 0.25) is 0 Å². The molecular formula is C16H20N2O3. The number of nitrogens with one attached hydrogen (secondary N) is 2. The summed E-state index contributed by atoms with van der Waals surface area (Å²) in [5.41, 5.74) is 4.73. The number of carbonyl (C=O) groups is 1. The van der Waals surface area contributed by atoms with Crippen LogP contribution in [0.1, 0.15) is 31.2 Å². The third-order valence-electron chi connectivity index (χ3n) is 3.74. The van der Waals surface area contributed by atoms with Gasteiger partial charge >= 0.3 is 0 Å². The second-order valence-corrected chi connectivity index (χ2v) is 5.30. The number of carbonyl (C=O) groups excluding carboxylic acids is 1. The Hall–Kier alpha value is -1.85. The van der Waals surface area contributed by atoms with Crippen molar-refractivity contribution in [2.75, 3.05) is 6.61 Å². The number of hydrogen-bond donors (Lipinski definition) is 2. The molecule has 1 atom stereocenters. The van der Waals surface area contributed by atoms with Gasteiger partial charge in [0.15, 0.2) is 6.29 Å². The zero-order chi connectivity index (χ0) is 14.5. The molecule has 1 amide bonds. The summed E-state index contributed by atoms with van der Waals surface area (Å²) in [6.07, 6.45) is 5.73. The summed E-state index contributed by atoms with van der Waals surface area (Å²) in [5, 5.41) is 1.17. The Kier molecular flexibility index (Phi) is 4.52. The van der Waals surface area contributed by atoms with Gasteiger partial charge in [0.2, 0.25) is 5.91 Å². The van der Waals surface area contributed by atoms with Crippen LogP contribution in [0.15, 0.2) is 30.5 Å². The Balaban J connectivity index is 1.47. The van der Waals surface area contributed by atoms with Crippen molar-refractivity contribution >= 4 is 16.8 Å². The molecule has 5 nitrogen and oxygen atoms in total. The van der Waals surface area contributed by atoms with E-state index in [1.165, 1.54) is 5.39 Å². The molecule has 1 aliphatic heterocycles. The van der Waals surface area contributed by atoms with Crippen LogP contribution in [-0.2, 0) is 20.8 Å². The molecule has 21 heavy (non-hydrogen) atoms. The van der Waals surface area contributed by atoms with Gasteiger partial charge in [0.05, 0.1) is 0 Å². The molecule has 2 heterocycles. The van der Waals surface area contributed by atoms with E-state index in [4.69, 9.17) is 9.57 Å². The molecule has 2 N–H and O–H groups in total. The van der Waals surface area contributed by atoms with Gasteiger partial charge < -0.3 is 9.72 Å². The van der Waals surface area contributed by atoms with Crippen molar-refractivity contribution in [2.24, 2.45) is 0 Å². The maximum Gasteiger partial charge on any atom is 0.243 e. The van der Waals surface area contributed by atoms with Crippen molar-refractivity contribution in [2.45, 2.75) is 38.4 Å². The number of amides is 1. The molecule has 0 bridgehead atoms. The number of fused-ring (bicyclic) bond motifs is 1. The number of H-pyrrole nitrogens is 1. The molecule has 0 aliphatic carbocycles. The van der Waals surface area contributed by atoms with Crippen LogP contribution in [0.5, 0.6) is 0 Å². The highest BCUT2D eigenvalue weighted by Crippen LogP contribution is 2.19. The first kappa shape index (κ1) is 14.1. The lowest BCUT2D eigenvalue weighted by atomic mass is 10.1. The van der Waals surface area contributed by atoms with Gasteiger partial charge in [-0.3, -0.25) is 4.79 Å². The quantitative estimate of drug-likeness (QED) is 0.831. The van der Waals surface area contributed by atoms with Gasteiger partial charge in [0, 0.05) is 36.5 Å². The third kappa shape index (κ3) is 3.62. The summed E-state index contributed by atoms with van der Waals surface area (Å²) in [5.74, 6) is -0.116. The molecule has 1 aromatic heterocycles. The minimum atomic E-state index is -0.296. The molecule has 0 spiro atoms. The van der Waals surface area contributed by atoms with Gasteiger partial charge in [-0.05, 0) is 30.9 Å². The van der Waals surface area contributed by atoms with E-state index in [-0.39, 0.29) is 12.2 Å². The number of aryl methyl sites for hydroxylation is 1. The number of hydrogen-bond acceptors (Lipinski definition) is 3. The molecule has 1 saturated heterocycles. The minimum Gasteiger partial charge on any atom is -0.361 e. The lowest BCUT2D eigenvalue weighted by molar-refractivity contribution is -0.200. The zero-order valence-electron chi connectivity index (χ0n) is 11.9. The number of para-hydroxylation sites is 1. The van der Waals surface area contributed by atoms with Crippen molar-refractivity contribution in [3.63, 3.8) is 0 Å². The monoisotopic (exact) mass is 288 g/mol. The van der Waals surface area contributed by atoms with Crippen LogP contribution >= 0.6 is 0 Å². The van der Waals surface area contributed by atoms with E-state index in [1.807, 2.05) is 24.4 Å². The first-order valence-corrected chi connectivity index (χ1v) is 7.44. The number of rotatable bonds is 5. The molecule has 1 aliphatic rings. The highest BCUT2D eigenvalue weighted by atomic mass is 16.8. The van der Waals surface area contributed by atoms with E-state index in [9.17, 15) is 4.79 Å². The summed E-state index contributed by atoms with van der Waals surface area (Å²) in [6, 6.07) is 8.09. The van der Waals surface area contributed by atoms with Crippen molar-refractivity contribution in [1.29, 1.82) is 0 Å². The highest BCUT2D eigenvalue weighted by molar-refractivity contribution is 5.84. The zero-order valence-corrected chi connectivity index (χ0v) is 11.9. The summed E-state index contributed by atoms with van der Waals surface area (Å²) in [7, 11) is 0. The van der Waals surface area contributed by atoms with E-state index < -0.39 is 0 Å². The molecule has 1 fully saturated rings. The fourth-order valence-electron chi connectivity index (χ4n) is 2.57. The maximum absolute atomic E-state index is 11.8. The third-order valence-corrected chi connectivity index (χ3v) is 3.74. The van der Waals surface area contributed by atoms with Crippen LogP contribution in [0.3, 0.4) is 0 Å². The SMILES string of the molecule is O=C(CCc1c[nH]c2ccccc12)NOC1CCCCO1. The fourth-order valence-corrected chi connectivity index (χ4v) is 2.57. The molecule has 0 saturated carbocycles. The number of hydroxylamine groups is 1. The second-order valence-electron chi connectivity index (χ2n) is 5.30. The fraction of sp³-hybridized carbons (Fsp3) is 0.438. The Bertz CT molecular complexity index is 602. The number of aromatic amines is 1. The Morgan fingerprint density at radius 3 is 3.14 bits per heavy atom. The van der Waals surface area contributed by atoms with Gasteiger partial charge in [-0.1, -0.05) is 18.2 Å². The van der Waals surface area contributed by atoms with Gasteiger partial charge in [0.25, 0.3) is 0 Å². The van der Waals surface area contributed by atoms with E-state index in [0.29, 0.717) is 19.4 Å². The molecule has 1 unspecified atom stereocenters. The van der Waals surface area contributed by atoms with E-state index in [0.717, 1.165) is 30.3 Å². The molecule has 1 aromatic carbocycles. The van der Waals surface area contributed by atoms with Gasteiger partial charge in [-0.2, -0.15) is 0 Å². The van der Waals surface area contributed by atoms with Gasteiger partial charge in [-0.25, -0.2) is 10.3 Å². The lowest BCUT2D eigenvalue weighted by Crippen LogP contribution is -2.33. The Labute approximate surface area is 123 Å². The lowest BCUT2D eigenvalue weighted by Gasteiger charge is -2.22. The van der Waals surface area contributed by atoms with Crippen LogP contribution < -0.4 is 5.48 Å². The van der Waals surface area contributed by atoms with Gasteiger partial charge in [0.1, 0.15) is 0 Å². The molecular weight excluding hydrogens is 268 g/mol. The molecule has 112 valence electrons. The van der Waals surface area contributed by atoms with Crippen molar-refractivity contribution in [3.05, 3.63) is 36.0 Å². The van der Waals surface area contributed by atoms with Crippen LogP contribution in [-0.4, -0.2) is 23.8 Å². The van der Waals surface area contributed by atoms with E-state index in [1.54, 1.807) is 0 Å². The highest BCUT2D eigenvalue weighted by Gasteiger charge is 2.15. The smallest absolute Gasteiger partial charge is 0.243 e. The van der Waals surface area contributed by atoms with Crippen LogP contribution in [0, 0.1) is 0 Å². The van der Waals surface area contributed by atoms with Crippen molar-refractivity contribution in [3.8, 4) is 0 Å². The number of ether oxygens (including phenoxy) is 1. The van der Waals surface area contributed by atoms with Crippen molar-refractivity contribution in [1.82, 2.24) is 10.5 Å². The number of aromatic nitrogens is 1. The largest absolute Gasteiger partial charge is 0.361 e. The minimum absolute atomic E-state index is 0.116. The molecule has 3 rings (SSSR count). The topological polar surface area (TPSA) is 63.4 Å². The van der Waals surface area contributed by atoms with E-state index in [2.05, 4.69) is 16.5 Å². The first-order valence-electron chi connectivity index (χ1n) is 7.44. The summed E-state index contributed by atoms with van der Waals surface area (Å²) in [6.45, 7) is 0.704. The normalized spacial score (nSPS) is 18.8. The molecule has 5 heteroatoms. The maximum atomic E-state index is 11.8. The molecule has 2 aromatic rings. The Morgan fingerprint density at radius 1 is 1.38 bits per heavy atom. The standard InChI is InChI=1S/C16H20N2O3/c19-15(18-21-16-7-3-4-10-20-16)9-8-12-11-17-14-6-2-1-5-13(12)14/h1-2,5-6,11,16-17H,3-4,7-10H2,(H,18,19).